The number of nitrogens with one attached hydrogen (secondary N) is 1. The molecule has 1 amide bonds. The number of ether oxygens (including phenoxy) is 1. The van der Waals surface area contributed by atoms with E-state index in [4.69, 9.17) is 21.5 Å². The number of aromatic nitrogens is 1. The SMILES string of the molecule is Cc1ccc(OC(C)(C)C(=O)NC2CC3CCC(C2)N3c2ccc(S(N)(=O)=O)cn2)c(Cl)c1. The molecular formula is C23H29ClN4O4S. The normalized spacial score (nSPS) is 22.8. The molecule has 2 atom stereocenters. The third-order valence-corrected chi connectivity index (χ3v) is 7.58. The van der Waals surface area contributed by atoms with Crippen molar-refractivity contribution in [2.45, 2.75) is 75.1 Å². The van der Waals surface area contributed by atoms with Gasteiger partial charge in [-0.1, -0.05) is 17.7 Å². The number of sulfonamides is 1. The molecule has 4 rings (SSSR count). The first-order chi connectivity index (χ1) is 15.4. The minimum Gasteiger partial charge on any atom is -0.476 e. The Labute approximate surface area is 199 Å². The standard InChI is InChI=1S/C23H29ClN4O4S/c1-14-4-8-20(19(24)10-14)32-23(2,3)22(29)27-15-11-16-5-6-17(12-15)28(16)21-9-7-18(13-26-21)33(25,30)31/h4,7-10,13,15-17H,5-6,11-12H2,1-3H3,(H,27,29)(H2,25,30,31). The fraction of sp³-hybridized carbons (Fsp3) is 0.478. The Bertz CT molecular complexity index is 1140. The molecule has 1 aromatic carbocycles. The lowest BCUT2D eigenvalue weighted by Gasteiger charge is -2.40. The number of nitrogens with two attached hydrogens (primary N) is 1. The molecule has 2 unspecified atom stereocenters. The highest BCUT2D eigenvalue weighted by atomic mass is 35.5. The summed E-state index contributed by atoms with van der Waals surface area (Å²) in [4.78, 5) is 19.6. The summed E-state index contributed by atoms with van der Waals surface area (Å²) >= 11 is 6.28. The predicted molar refractivity (Wildman–Crippen MR) is 127 cm³/mol. The molecule has 33 heavy (non-hydrogen) atoms. The van der Waals surface area contributed by atoms with Crippen molar-refractivity contribution >= 4 is 33.3 Å². The van der Waals surface area contributed by atoms with Crippen LogP contribution in [0.25, 0.3) is 0 Å². The van der Waals surface area contributed by atoms with E-state index in [2.05, 4.69) is 15.2 Å². The third kappa shape index (κ3) is 5.10. The Morgan fingerprint density at radius 1 is 1.21 bits per heavy atom. The van der Waals surface area contributed by atoms with Crippen LogP contribution in [0.15, 0.2) is 41.4 Å². The van der Waals surface area contributed by atoms with Gasteiger partial charge in [-0.3, -0.25) is 4.79 Å². The summed E-state index contributed by atoms with van der Waals surface area (Å²) in [7, 11) is -3.77. The summed E-state index contributed by atoms with van der Waals surface area (Å²) in [6, 6.07) is 9.13. The van der Waals surface area contributed by atoms with E-state index in [-0.39, 0.29) is 28.9 Å². The number of hydrogen-bond donors (Lipinski definition) is 2. The molecule has 2 aromatic rings. The van der Waals surface area contributed by atoms with E-state index in [9.17, 15) is 13.2 Å². The van der Waals surface area contributed by atoms with Crippen LogP contribution < -0.4 is 20.1 Å². The molecule has 0 aliphatic carbocycles. The molecule has 0 saturated carbocycles. The Morgan fingerprint density at radius 3 is 2.42 bits per heavy atom. The average molecular weight is 493 g/mol. The van der Waals surface area contributed by atoms with Crippen LogP contribution in [0.4, 0.5) is 5.82 Å². The molecular weight excluding hydrogens is 464 g/mol. The number of carbonyl (C=O) groups is 1. The van der Waals surface area contributed by atoms with Crippen molar-refractivity contribution in [1.29, 1.82) is 0 Å². The van der Waals surface area contributed by atoms with Gasteiger partial charge in [0.1, 0.15) is 16.5 Å². The number of benzene rings is 1. The van der Waals surface area contributed by atoms with Gasteiger partial charge in [0.15, 0.2) is 5.60 Å². The molecule has 8 nitrogen and oxygen atoms in total. The molecule has 0 spiro atoms. The first-order valence-electron chi connectivity index (χ1n) is 11.0. The van der Waals surface area contributed by atoms with Crippen LogP contribution in [0.2, 0.25) is 5.02 Å². The number of anilines is 1. The number of rotatable bonds is 6. The summed E-state index contributed by atoms with van der Waals surface area (Å²) < 4.78 is 29.0. The van der Waals surface area contributed by atoms with E-state index < -0.39 is 15.6 Å². The highest BCUT2D eigenvalue weighted by molar-refractivity contribution is 7.89. The van der Waals surface area contributed by atoms with Gasteiger partial charge < -0.3 is 15.0 Å². The molecule has 3 N–H and O–H groups in total. The highest BCUT2D eigenvalue weighted by Crippen LogP contribution is 2.39. The fourth-order valence-corrected chi connectivity index (χ4v) is 5.46. The molecule has 2 bridgehead atoms. The maximum Gasteiger partial charge on any atom is 0.263 e. The average Bonchev–Trinajstić information content (AvgIpc) is 3.00. The lowest BCUT2D eigenvalue weighted by molar-refractivity contribution is -0.135. The largest absolute Gasteiger partial charge is 0.476 e. The van der Waals surface area contributed by atoms with Crippen molar-refractivity contribution in [2.75, 3.05) is 4.90 Å². The molecule has 10 heteroatoms. The predicted octanol–water partition coefficient (Wildman–Crippen LogP) is 3.16. The Balaban J connectivity index is 1.41. The summed E-state index contributed by atoms with van der Waals surface area (Å²) in [5.41, 5.74) is -0.0641. The molecule has 2 aliphatic rings. The number of piperidine rings is 1. The maximum atomic E-state index is 13.1. The van der Waals surface area contributed by atoms with Crippen LogP contribution in [0.1, 0.15) is 45.1 Å². The van der Waals surface area contributed by atoms with Gasteiger partial charge in [-0.05, 0) is 76.3 Å². The number of fused-ring (bicyclic) bond motifs is 2. The number of aryl methyl sites for hydroxylation is 1. The second-order valence-corrected chi connectivity index (χ2v) is 11.3. The van der Waals surface area contributed by atoms with E-state index >= 15 is 0 Å². The second kappa shape index (κ2) is 8.77. The lowest BCUT2D eigenvalue weighted by atomic mass is 9.96. The van der Waals surface area contributed by atoms with Crippen molar-refractivity contribution in [3.8, 4) is 5.75 Å². The minimum atomic E-state index is -3.77. The monoisotopic (exact) mass is 492 g/mol. The van der Waals surface area contributed by atoms with Crippen LogP contribution in [0.3, 0.4) is 0 Å². The topological polar surface area (TPSA) is 115 Å². The van der Waals surface area contributed by atoms with Gasteiger partial charge in [0.25, 0.3) is 5.91 Å². The second-order valence-electron chi connectivity index (χ2n) is 9.38. The van der Waals surface area contributed by atoms with Crippen LogP contribution >= 0.6 is 11.6 Å². The summed E-state index contributed by atoms with van der Waals surface area (Å²) in [5, 5.41) is 8.81. The molecule has 2 saturated heterocycles. The summed E-state index contributed by atoms with van der Waals surface area (Å²) in [6.07, 6.45) is 4.85. The van der Waals surface area contributed by atoms with Gasteiger partial charge in [0, 0.05) is 24.3 Å². The molecule has 178 valence electrons. The zero-order valence-corrected chi connectivity index (χ0v) is 20.5. The number of hydrogen-bond acceptors (Lipinski definition) is 6. The number of pyridine rings is 1. The van der Waals surface area contributed by atoms with Gasteiger partial charge in [-0.25, -0.2) is 18.5 Å². The molecule has 2 aliphatic heterocycles. The molecule has 1 aromatic heterocycles. The van der Waals surface area contributed by atoms with Crippen LogP contribution in [0.5, 0.6) is 5.75 Å². The zero-order valence-electron chi connectivity index (χ0n) is 18.9. The first kappa shape index (κ1) is 23.8. The molecule has 3 heterocycles. The van der Waals surface area contributed by atoms with E-state index in [1.165, 1.54) is 12.3 Å². The van der Waals surface area contributed by atoms with Gasteiger partial charge in [-0.2, -0.15) is 0 Å². The number of halogens is 1. The number of carbonyl (C=O) groups excluding carboxylic acids is 1. The minimum absolute atomic E-state index is 0.00309. The first-order valence-corrected chi connectivity index (χ1v) is 12.9. The van der Waals surface area contributed by atoms with E-state index in [0.29, 0.717) is 10.8 Å². The Hall–Kier alpha value is -2.36. The van der Waals surface area contributed by atoms with Crippen molar-refractivity contribution < 1.29 is 17.9 Å². The molecule has 0 radical (unpaired) electrons. The fourth-order valence-electron chi connectivity index (χ4n) is 4.73. The van der Waals surface area contributed by atoms with Crippen molar-refractivity contribution in [1.82, 2.24) is 10.3 Å². The van der Waals surface area contributed by atoms with Gasteiger partial charge in [0.2, 0.25) is 10.0 Å². The van der Waals surface area contributed by atoms with E-state index in [0.717, 1.165) is 37.1 Å². The number of nitrogens with zero attached hydrogens (tertiary/aromatic N) is 2. The quantitative estimate of drug-likeness (QED) is 0.640. The molecule has 2 fully saturated rings. The summed E-state index contributed by atoms with van der Waals surface area (Å²) in [6.45, 7) is 5.41. The lowest BCUT2D eigenvalue weighted by Crippen LogP contribution is -2.55. The van der Waals surface area contributed by atoms with Crippen molar-refractivity contribution in [2.24, 2.45) is 5.14 Å². The highest BCUT2D eigenvalue weighted by Gasteiger charge is 2.43. The van der Waals surface area contributed by atoms with Crippen LogP contribution in [0, 0.1) is 6.92 Å². The Kier molecular flexibility index (Phi) is 6.32. The zero-order chi connectivity index (χ0) is 24.0. The van der Waals surface area contributed by atoms with E-state index in [1.54, 1.807) is 26.0 Å². The maximum absolute atomic E-state index is 13.1. The van der Waals surface area contributed by atoms with Crippen LogP contribution in [-0.4, -0.2) is 43.0 Å². The van der Waals surface area contributed by atoms with Crippen molar-refractivity contribution in [3.05, 3.63) is 47.1 Å². The number of primary sulfonamides is 1. The number of amides is 1. The van der Waals surface area contributed by atoms with E-state index in [1.807, 2.05) is 19.1 Å². The smallest absolute Gasteiger partial charge is 0.263 e. The van der Waals surface area contributed by atoms with Gasteiger partial charge >= 0.3 is 0 Å². The Morgan fingerprint density at radius 2 is 1.88 bits per heavy atom. The van der Waals surface area contributed by atoms with Crippen LogP contribution in [-0.2, 0) is 14.8 Å². The summed E-state index contributed by atoms with van der Waals surface area (Å²) in [5.74, 6) is 1.02. The van der Waals surface area contributed by atoms with Gasteiger partial charge in [-0.15, -0.1) is 0 Å². The van der Waals surface area contributed by atoms with Crippen molar-refractivity contribution in [3.63, 3.8) is 0 Å². The van der Waals surface area contributed by atoms with Gasteiger partial charge in [0.05, 0.1) is 5.02 Å². The third-order valence-electron chi connectivity index (χ3n) is 6.38.